The number of aromatic nitrogens is 1. The van der Waals surface area contributed by atoms with Crippen molar-refractivity contribution in [3.05, 3.63) is 33.5 Å². The monoisotopic (exact) mass is 330 g/mol. The van der Waals surface area contributed by atoms with E-state index in [0.717, 1.165) is 29.9 Å². The zero-order valence-corrected chi connectivity index (χ0v) is 14.8. The highest BCUT2D eigenvalue weighted by atomic mass is 32.1. The van der Waals surface area contributed by atoms with Gasteiger partial charge in [-0.15, -0.1) is 11.3 Å². The number of aryl methyl sites for hydroxylation is 2. The van der Waals surface area contributed by atoms with E-state index in [1.165, 1.54) is 26.5 Å². The Kier molecular flexibility index (Phi) is 4.15. The molecule has 0 aromatic carbocycles. The van der Waals surface area contributed by atoms with Crippen molar-refractivity contribution >= 4 is 22.8 Å². The Morgan fingerprint density at radius 1 is 1.35 bits per heavy atom. The molecule has 0 spiro atoms. The standard InChI is InChI=1S/C18H22N2O2S/c1-5-6-12-7-13(8-14(19)21)17-16(10(3)20-22-17)18-15(12)9(2)11(4)23-18/h7,13H,5-6,8H2,1-4H3,(H2,19,21)/t13-/m0/s1. The smallest absolute Gasteiger partial charge is 0.218 e. The first-order valence-corrected chi connectivity index (χ1v) is 8.81. The molecule has 23 heavy (non-hydrogen) atoms. The highest BCUT2D eigenvalue weighted by molar-refractivity contribution is 7.16. The number of rotatable bonds is 4. The lowest BCUT2D eigenvalue weighted by atomic mass is 9.94. The van der Waals surface area contributed by atoms with Crippen LogP contribution in [0.25, 0.3) is 16.0 Å². The molecule has 1 aliphatic rings. The zero-order valence-electron chi connectivity index (χ0n) is 14.0. The molecule has 0 radical (unpaired) electrons. The van der Waals surface area contributed by atoms with Crippen molar-refractivity contribution in [3.63, 3.8) is 0 Å². The minimum absolute atomic E-state index is 0.135. The Hall–Kier alpha value is -1.88. The third-order valence-corrected chi connectivity index (χ3v) is 5.73. The summed E-state index contributed by atoms with van der Waals surface area (Å²) in [5.74, 6) is 0.319. The number of nitrogens with zero attached hydrogens (tertiary/aromatic N) is 1. The van der Waals surface area contributed by atoms with E-state index >= 15 is 0 Å². The quantitative estimate of drug-likeness (QED) is 0.898. The Morgan fingerprint density at radius 3 is 2.74 bits per heavy atom. The average Bonchev–Trinajstić information content (AvgIpc) is 2.94. The molecule has 2 N–H and O–H groups in total. The molecule has 0 aliphatic heterocycles. The van der Waals surface area contributed by atoms with Crippen LogP contribution >= 0.6 is 11.3 Å². The van der Waals surface area contributed by atoms with Crippen LogP contribution in [0.2, 0.25) is 0 Å². The van der Waals surface area contributed by atoms with Crippen molar-refractivity contribution in [3.8, 4) is 10.4 Å². The molecule has 0 saturated heterocycles. The van der Waals surface area contributed by atoms with Gasteiger partial charge in [0.25, 0.3) is 0 Å². The molecule has 0 fully saturated rings. The summed E-state index contributed by atoms with van der Waals surface area (Å²) < 4.78 is 5.62. The molecule has 5 heteroatoms. The van der Waals surface area contributed by atoms with Crippen LogP contribution in [0.15, 0.2) is 10.6 Å². The number of thiophene rings is 1. The van der Waals surface area contributed by atoms with Gasteiger partial charge in [0.2, 0.25) is 5.91 Å². The lowest BCUT2D eigenvalue weighted by Crippen LogP contribution is -2.14. The summed E-state index contributed by atoms with van der Waals surface area (Å²) in [5, 5.41) is 4.16. The van der Waals surface area contributed by atoms with E-state index in [1.54, 1.807) is 11.3 Å². The minimum Gasteiger partial charge on any atom is -0.370 e. The predicted octanol–water partition coefficient (Wildman–Crippen LogP) is 4.48. The maximum absolute atomic E-state index is 11.5. The molecule has 4 nitrogen and oxygen atoms in total. The Morgan fingerprint density at radius 2 is 2.09 bits per heavy atom. The summed E-state index contributed by atoms with van der Waals surface area (Å²) in [5.41, 5.74) is 11.3. The van der Waals surface area contributed by atoms with Crippen LogP contribution in [0, 0.1) is 20.8 Å². The summed E-state index contributed by atoms with van der Waals surface area (Å²) in [6.07, 6.45) is 4.46. The van der Waals surface area contributed by atoms with Crippen LogP contribution in [0.3, 0.4) is 0 Å². The SMILES string of the molecule is CCCC1=C[C@@H](CC(N)=O)c2onc(C)c2-c2sc(C)c(C)c21. The largest absolute Gasteiger partial charge is 0.370 e. The number of hydrogen-bond donors (Lipinski definition) is 1. The number of allylic oxidation sites excluding steroid dienone is 2. The number of hydrogen-bond acceptors (Lipinski definition) is 4. The Bertz CT molecular complexity index is 798. The van der Waals surface area contributed by atoms with Crippen LogP contribution in [-0.2, 0) is 4.79 Å². The summed E-state index contributed by atoms with van der Waals surface area (Å²) in [7, 11) is 0. The normalized spacial score (nSPS) is 16.5. The van der Waals surface area contributed by atoms with Gasteiger partial charge in [-0.2, -0.15) is 0 Å². The Labute approximate surface area is 140 Å². The van der Waals surface area contributed by atoms with E-state index in [2.05, 4.69) is 32.0 Å². The number of fused-ring (bicyclic) bond motifs is 3. The number of carbonyl (C=O) groups excluding carboxylic acids is 1. The van der Waals surface area contributed by atoms with Gasteiger partial charge < -0.3 is 10.3 Å². The van der Waals surface area contributed by atoms with Crippen LogP contribution < -0.4 is 5.73 Å². The highest BCUT2D eigenvalue weighted by Crippen LogP contribution is 2.49. The van der Waals surface area contributed by atoms with Gasteiger partial charge in [0.15, 0.2) is 5.76 Å². The van der Waals surface area contributed by atoms with Gasteiger partial charge in [0.05, 0.1) is 11.3 Å². The molecule has 0 bridgehead atoms. The fourth-order valence-electron chi connectivity index (χ4n) is 3.35. The molecule has 1 amide bonds. The van der Waals surface area contributed by atoms with Gasteiger partial charge in [0.1, 0.15) is 0 Å². The molecular weight excluding hydrogens is 308 g/mol. The fraction of sp³-hybridized carbons (Fsp3) is 0.444. The first-order chi connectivity index (χ1) is 10.9. The molecule has 0 unspecified atom stereocenters. The number of nitrogens with two attached hydrogens (primary N) is 1. The van der Waals surface area contributed by atoms with Crippen LogP contribution in [0.4, 0.5) is 0 Å². The predicted molar refractivity (Wildman–Crippen MR) is 93.5 cm³/mol. The van der Waals surface area contributed by atoms with Crippen molar-refractivity contribution in [2.45, 2.75) is 52.9 Å². The topological polar surface area (TPSA) is 69.1 Å². The second kappa shape index (κ2) is 5.96. The second-order valence-corrected chi connectivity index (χ2v) is 7.44. The summed E-state index contributed by atoms with van der Waals surface area (Å²) in [4.78, 5) is 14.1. The zero-order chi connectivity index (χ0) is 16.7. The van der Waals surface area contributed by atoms with Crippen molar-refractivity contribution < 1.29 is 9.32 Å². The molecule has 1 aliphatic carbocycles. The number of carbonyl (C=O) groups is 1. The highest BCUT2D eigenvalue weighted by Gasteiger charge is 2.31. The van der Waals surface area contributed by atoms with E-state index in [9.17, 15) is 4.79 Å². The van der Waals surface area contributed by atoms with E-state index in [1.807, 2.05) is 6.92 Å². The first kappa shape index (κ1) is 16.0. The van der Waals surface area contributed by atoms with Gasteiger partial charge in [-0.1, -0.05) is 24.6 Å². The van der Waals surface area contributed by atoms with Gasteiger partial charge in [-0.25, -0.2) is 0 Å². The van der Waals surface area contributed by atoms with E-state index in [4.69, 9.17) is 10.3 Å². The van der Waals surface area contributed by atoms with Crippen molar-refractivity contribution in [2.75, 3.05) is 0 Å². The van der Waals surface area contributed by atoms with Gasteiger partial charge in [0, 0.05) is 22.1 Å². The summed E-state index contributed by atoms with van der Waals surface area (Å²) in [6, 6.07) is 0. The Balaban J connectivity index is 2.29. The van der Waals surface area contributed by atoms with Gasteiger partial charge >= 0.3 is 0 Å². The van der Waals surface area contributed by atoms with Crippen molar-refractivity contribution in [1.29, 1.82) is 0 Å². The second-order valence-electron chi connectivity index (χ2n) is 6.21. The van der Waals surface area contributed by atoms with Crippen LogP contribution in [-0.4, -0.2) is 11.1 Å². The lowest BCUT2D eigenvalue weighted by molar-refractivity contribution is -0.118. The van der Waals surface area contributed by atoms with Crippen molar-refractivity contribution in [1.82, 2.24) is 5.16 Å². The maximum Gasteiger partial charge on any atom is 0.218 e. The molecule has 2 aromatic heterocycles. The lowest BCUT2D eigenvalue weighted by Gasteiger charge is -2.10. The summed E-state index contributed by atoms with van der Waals surface area (Å²) >= 11 is 1.79. The third-order valence-electron chi connectivity index (χ3n) is 4.50. The van der Waals surface area contributed by atoms with Crippen LogP contribution in [0.5, 0.6) is 0 Å². The fourth-order valence-corrected chi connectivity index (χ4v) is 4.65. The van der Waals surface area contributed by atoms with Crippen molar-refractivity contribution in [2.24, 2.45) is 5.73 Å². The molecule has 0 saturated carbocycles. The van der Waals surface area contributed by atoms with Gasteiger partial charge in [-0.3, -0.25) is 4.79 Å². The molecule has 2 aromatic rings. The third kappa shape index (κ3) is 2.63. The van der Waals surface area contributed by atoms with E-state index in [-0.39, 0.29) is 18.2 Å². The molecule has 1 atom stereocenters. The molecular formula is C18H22N2O2S. The summed E-state index contributed by atoms with van der Waals surface area (Å²) in [6.45, 7) is 8.46. The van der Waals surface area contributed by atoms with Gasteiger partial charge in [-0.05, 0) is 43.9 Å². The minimum atomic E-state index is -0.319. The molecule has 122 valence electrons. The molecule has 2 heterocycles. The maximum atomic E-state index is 11.5. The number of amides is 1. The average molecular weight is 330 g/mol. The molecule has 3 rings (SSSR count). The number of primary amides is 1. The first-order valence-electron chi connectivity index (χ1n) is 7.99. The van der Waals surface area contributed by atoms with Crippen LogP contribution in [0.1, 0.15) is 59.6 Å². The van der Waals surface area contributed by atoms with E-state index in [0.29, 0.717) is 0 Å². The van der Waals surface area contributed by atoms with E-state index < -0.39 is 0 Å².